The maximum absolute atomic E-state index is 12.4. The lowest BCUT2D eigenvalue weighted by atomic mass is 10.3. The molecular weight excluding hydrogens is 330 g/mol. The summed E-state index contributed by atoms with van der Waals surface area (Å²) in [7, 11) is 0. The molecule has 0 aliphatic heterocycles. The summed E-state index contributed by atoms with van der Waals surface area (Å²) in [5.41, 5.74) is 2.70. The molecule has 0 atom stereocenters. The lowest BCUT2D eigenvalue weighted by Crippen LogP contribution is -2.34. The van der Waals surface area contributed by atoms with Gasteiger partial charge in [-0.2, -0.15) is 5.26 Å². The van der Waals surface area contributed by atoms with Crippen LogP contribution in [0.1, 0.15) is 18.7 Å². The summed E-state index contributed by atoms with van der Waals surface area (Å²) < 4.78 is 2.18. The molecule has 2 aromatic heterocycles. The fourth-order valence-corrected chi connectivity index (χ4v) is 3.60. The third kappa shape index (κ3) is 3.69. The summed E-state index contributed by atoms with van der Waals surface area (Å²) in [4.78, 5) is 25.4. The third-order valence-electron chi connectivity index (χ3n) is 2.98. The minimum atomic E-state index is -0.466. The van der Waals surface area contributed by atoms with Gasteiger partial charge < -0.3 is 5.32 Å². The first-order valence-corrected chi connectivity index (χ1v) is 8.74. The summed E-state index contributed by atoms with van der Waals surface area (Å²) in [5.74, 6) is -0.466. The Balaban J connectivity index is 2.75. The average molecular weight is 345 g/mol. The van der Waals surface area contributed by atoms with Crippen molar-refractivity contribution in [3.8, 4) is 6.07 Å². The van der Waals surface area contributed by atoms with E-state index in [1.807, 2.05) is 23.6 Å². The predicted octanol–water partition coefficient (Wildman–Crippen LogP) is 0.894. The zero-order valence-corrected chi connectivity index (χ0v) is 14.4. The second kappa shape index (κ2) is 7.75. The topological polar surface area (TPSA) is 74.9 Å². The number of thiophene rings is 1. The lowest BCUT2D eigenvalue weighted by molar-refractivity contribution is -0.115. The number of hydrogen-bond donors (Lipinski definition) is 1. The van der Waals surface area contributed by atoms with Crippen LogP contribution in [0.4, 0.5) is 0 Å². The van der Waals surface area contributed by atoms with Gasteiger partial charge in [0.15, 0.2) is 5.57 Å². The first kappa shape index (κ1) is 17.0. The highest BCUT2D eigenvalue weighted by molar-refractivity contribution is 7.11. The van der Waals surface area contributed by atoms with Gasteiger partial charge in [-0.25, -0.2) is 0 Å². The van der Waals surface area contributed by atoms with Gasteiger partial charge in [0.25, 0.3) is 11.5 Å². The summed E-state index contributed by atoms with van der Waals surface area (Å²) in [6.07, 6.45) is 1.74. The number of nitrogens with one attached hydrogen (secondary N) is 1. The van der Waals surface area contributed by atoms with Gasteiger partial charge >= 0.3 is 0 Å². The zero-order chi connectivity index (χ0) is 16.8. The molecule has 0 radical (unpaired) electrons. The standard InChI is InChI=1S/C16H15N3O2S2/c1-3-18-14(20)12(10-17)16-19(4-2)15(21)13(23-16)8-7-11-6-5-9-22-11/h5-7,9H,3-4H2,1-2H3,(H,18,20)/b16-12-. The van der Waals surface area contributed by atoms with Crippen LogP contribution in [0.3, 0.4) is 0 Å². The molecule has 1 N–H and O–H groups in total. The zero-order valence-electron chi connectivity index (χ0n) is 12.8. The van der Waals surface area contributed by atoms with Gasteiger partial charge in [0.1, 0.15) is 15.3 Å². The second-order valence-corrected chi connectivity index (χ2v) is 6.41. The monoisotopic (exact) mass is 345 g/mol. The molecule has 0 bridgehead atoms. The summed E-state index contributed by atoms with van der Waals surface area (Å²) in [6, 6.07) is 5.75. The Bertz CT molecular complexity index is 953. The lowest BCUT2D eigenvalue weighted by Gasteiger charge is -2.00. The molecule has 0 aliphatic carbocycles. The number of rotatable bonds is 4. The van der Waals surface area contributed by atoms with Crippen molar-refractivity contribution >= 4 is 46.0 Å². The molecule has 2 rings (SSSR count). The number of aromatic nitrogens is 1. The van der Waals surface area contributed by atoms with Crippen molar-refractivity contribution in [1.29, 1.82) is 5.26 Å². The van der Waals surface area contributed by atoms with Crippen LogP contribution in [-0.2, 0) is 11.3 Å². The second-order valence-electron chi connectivity index (χ2n) is 4.44. The number of carbonyl (C=O) groups is 1. The highest BCUT2D eigenvalue weighted by Crippen LogP contribution is 2.08. The van der Waals surface area contributed by atoms with E-state index in [-0.39, 0.29) is 11.1 Å². The van der Waals surface area contributed by atoms with E-state index in [1.54, 1.807) is 31.3 Å². The molecule has 0 aromatic carbocycles. The SMILES string of the molecule is CCNC(=O)/C(C#N)=c1\sc(=C=Cc2cccs2)c(=O)n1CC. The normalized spacial score (nSPS) is 11.3. The molecule has 0 saturated carbocycles. The van der Waals surface area contributed by atoms with E-state index in [1.165, 1.54) is 4.57 Å². The first-order chi connectivity index (χ1) is 11.1. The smallest absolute Gasteiger partial charge is 0.277 e. The molecule has 0 aliphatic rings. The van der Waals surface area contributed by atoms with Crippen LogP contribution in [-0.4, -0.2) is 17.0 Å². The van der Waals surface area contributed by atoms with Crippen molar-refractivity contribution < 1.29 is 4.79 Å². The van der Waals surface area contributed by atoms with E-state index in [0.29, 0.717) is 22.3 Å². The Kier molecular flexibility index (Phi) is 5.72. The van der Waals surface area contributed by atoms with Crippen LogP contribution in [0.25, 0.3) is 17.4 Å². The Morgan fingerprint density at radius 2 is 2.26 bits per heavy atom. The molecule has 118 valence electrons. The van der Waals surface area contributed by atoms with Gasteiger partial charge in [0.2, 0.25) is 0 Å². The van der Waals surface area contributed by atoms with Crippen molar-refractivity contribution in [2.75, 3.05) is 6.54 Å². The molecule has 2 heterocycles. The van der Waals surface area contributed by atoms with E-state index >= 15 is 0 Å². The highest BCUT2D eigenvalue weighted by Gasteiger charge is 2.14. The van der Waals surface area contributed by atoms with Crippen LogP contribution in [0.15, 0.2) is 22.3 Å². The maximum Gasteiger partial charge on any atom is 0.277 e. The van der Waals surface area contributed by atoms with Gasteiger partial charge in [-0.05, 0) is 31.4 Å². The maximum atomic E-state index is 12.4. The quantitative estimate of drug-likeness (QED) is 0.894. The van der Waals surface area contributed by atoms with E-state index in [9.17, 15) is 14.9 Å². The van der Waals surface area contributed by atoms with E-state index < -0.39 is 5.91 Å². The molecule has 7 heteroatoms. The van der Waals surface area contributed by atoms with Gasteiger partial charge in [-0.15, -0.1) is 22.7 Å². The van der Waals surface area contributed by atoms with Crippen LogP contribution >= 0.6 is 22.7 Å². The van der Waals surface area contributed by atoms with Crippen molar-refractivity contribution in [1.82, 2.24) is 9.88 Å². The minimum absolute atomic E-state index is 0.0417. The molecule has 0 spiro atoms. The molecular formula is C16H15N3O2S2. The highest BCUT2D eigenvalue weighted by atomic mass is 32.1. The Labute approximate surface area is 141 Å². The molecule has 1 amide bonds. The molecule has 0 fully saturated rings. The summed E-state index contributed by atoms with van der Waals surface area (Å²) in [6.45, 7) is 4.38. The predicted molar refractivity (Wildman–Crippen MR) is 93.4 cm³/mol. The number of nitriles is 1. The van der Waals surface area contributed by atoms with Crippen LogP contribution in [0, 0.1) is 11.3 Å². The van der Waals surface area contributed by atoms with E-state index in [0.717, 1.165) is 16.2 Å². The number of hydrogen-bond acceptors (Lipinski definition) is 5. The van der Waals surface area contributed by atoms with E-state index in [2.05, 4.69) is 11.0 Å². The van der Waals surface area contributed by atoms with Gasteiger partial charge in [-0.3, -0.25) is 14.2 Å². The molecule has 23 heavy (non-hydrogen) atoms. The van der Waals surface area contributed by atoms with Gasteiger partial charge in [0.05, 0.1) is 0 Å². The molecule has 5 nitrogen and oxygen atoms in total. The van der Waals surface area contributed by atoms with Crippen molar-refractivity contribution in [2.24, 2.45) is 0 Å². The number of amides is 1. The summed E-state index contributed by atoms with van der Waals surface area (Å²) >= 11 is 2.65. The van der Waals surface area contributed by atoms with Crippen LogP contribution in [0.5, 0.6) is 0 Å². The van der Waals surface area contributed by atoms with Crippen molar-refractivity contribution in [3.05, 3.63) is 41.9 Å². The van der Waals surface area contributed by atoms with Gasteiger partial charge in [0, 0.05) is 18.0 Å². The van der Waals surface area contributed by atoms with Crippen LogP contribution in [0.2, 0.25) is 0 Å². The largest absolute Gasteiger partial charge is 0.352 e. The number of thiazole rings is 1. The number of nitrogens with zero attached hydrogens (tertiary/aromatic N) is 2. The Morgan fingerprint density at radius 3 is 2.83 bits per heavy atom. The number of carbonyl (C=O) groups excluding carboxylic acids is 1. The third-order valence-corrected chi connectivity index (χ3v) is 4.91. The fraction of sp³-hybridized carbons (Fsp3) is 0.250. The first-order valence-electron chi connectivity index (χ1n) is 7.04. The Hall–Kier alpha value is -2.39. The fourth-order valence-electron chi connectivity index (χ4n) is 1.93. The minimum Gasteiger partial charge on any atom is -0.352 e. The molecule has 2 aromatic rings. The van der Waals surface area contributed by atoms with Crippen molar-refractivity contribution in [2.45, 2.75) is 20.4 Å². The average Bonchev–Trinajstić information content (AvgIpc) is 3.15. The van der Waals surface area contributed by atoms with Crippen molar-refractivity contribution in [3.63, 3.8) is 0 Å². The van der Waals surface area contributed by atoms with Gasteiger partial charge in [-0.1, -0.05) is 11.8 Å². The Morgan fingerprint density at radius 1 is 1.48 bits per heavy atom. The summed E-state index contributed by atoms with van der Waals surface area (Å²) in [5, 5.41) is 13.8. The van der Waals surface area contributed by atoms with E-state index in [4.69, 9.17) is 0 Å². The van der Waals surface area contributed by atoms with Crippen LogP contribution < -0.4 is 20.1 Å². The molecule has 0 unspecified atom stereocenters. The molecule has 0 saturated heterocycles.